The molecule has 3 rings (SSSR count). The molecule has 86 valence electrons. The molecule has 17 heavy (non-hydrogen) atoms. The summed E-state index contributed by atoms with van der Waals surface area (Å²) in [6.45, 7) is 6.58. The van der Waals surface area contributed by atoms with Crippen LogP contribution in [-0.2, 0) is 5.41 Å². The van der Waals surface area contributed by atoms with E-state index in [9.17, 15) is 0 Å². The van der Waals surface area contributed by atoms with Gasteiger partial charge in [-0.15, -0.1) is 0 Å². The fourth-order valence-electron chi connectivity index (χ4n) is 2.42. The van der Waals surface area contributed by atoms with Crippen LogP contribution in [0.1, 0.15) is 26.3 Å². The molecule has 0 saturated heterocycles. The number of hydrogen-bond acceptors (Lipinski definition) is 1. The van der Waals surface area contributed by atoms with Gasteiger partial charge in [0.1, 0.15) is 0 Å². The first-order chi connectivity index (χ1) is 8.01. The maximum Gasteiger partial charge on any atom is 0.0749 e. The third kappa shape index (κ3) is 1.40. The number of rotatable bonds is 0. The third-order valence-corrected chi connectivity index (χ3v) is 4.48. The molecular formula is C15H14BrN. The Balaban J connectivity index is 2.48. The first kappa shape index (κ1) is 11.0. The van der Waals surface area contributed by atoms with Crippen LogP contribution in [0.5, 0.6) is 0 Å². The van der Waals surface area contributed by atoms with E-state index in [0.29, 0.717) is 0 Å². The van der Waals surface area contributed by atoms with Gasteiger partial charge in [-0.2, -0.15) is 0 Å². The zero-order chi connectivity index (χ0) is 12.2. The second kappa shape index (κ2) is 3.42. The molecule has 0 spiro atoms. The molecule has 2 aromatic rings. The molecule has 1 aliphatic rings. The molecule has 0 N–H and O–H groups in total. The number of nitrogens with zero attached hydrogens (tertiary/aromatic N) is 1. The van der Waals surface area contributed by atoms with Crippen molar-refractivity contribution in [3.05, 3.63) is 40.4 Å². The van der Waals surface area contributed by atoms with Crippen LogP contribution in [0.3, 0.4) is 0 Å². The van der Waals surface area contributed by atoms with Crippen LogP contribution in [0.25, 0.3) is 10.8 Å². The molecule has 2 heteroatoms. The van der Waals surface area contributed by atoms with E-state index in [1.165, 1.54) is 22.0 Å². The SMILES string of the molecule is CC1=Nc2c(cc(Br)c3ccccc23)C1(C)C. The van der Waals surface area contributed by atoms with Gasteiger partial charge in [0.2, 0.25) is 0 Å². The van der Waals surface area contributed by atoms with Crippen molar-refractivity contribution in [3.8, 4) is 0 Å². The van der Waals surface area contributed by atoms with E-state index in [1.54, 1.807) is 0 Å². The molecule has 0 aromatic heterocycles. The summed E-state index contributed by atoms with van der Waals surface area (Å²) in [5.74, 6) is 0. The summed E-state index contributed by atoms with van der Waals surface area (Å²) in [5, 5.41) is 2.47. The topological polar surface area (TPSA) is 12.4 Å². The Kier molecular flexibility index (Phi) is 2.21. The van der Waals surface area contributed by atoms with E-state index in [0.717, 1.165) is 10.2 Å². The van der Waals surface area contributed by atoms with Crippen LogP contribution in [0.2, 0.25) is 0 Å². The highest BCUT2D eigenvalue weighted by atomic mass is 79.9. The minimum atomic E-state index is 0.0435. The van der Waals surface area contributed by atoms with Crippen molar-refractivity contribution in [2.45, 2.75) is 26.2 Å². The summed E-state index contributed by atoms with van der Waals surface area (Å²) in [5.41, 5.74) is 3.70. The first-order valence-corrected chi connectivity index (χ1v) is 6.58. The van der Waals surface area contributed by atoms with Crippen molar-refractivity contribution in [2.24, 2.45) is 4.99 Å². The molecule has 2 aromatic carbocycles. The molecule has 0 fully saturated rings. The Labute approximate surface area is 110 Å². The van der Waals surface area contributed by atoms with Crippen LogP contribution in [0.15, 0.2) is 39.8 Å². The van der Waals surface area contributed by atoms with Gasteiger partial charge >= 0.3 is 0 Å². The summed E-state index contributed by atoms with van der Waals surface area (Å²) in [4.78, 5) is 4.77. The smallest absolute Gasteiger partial charge is 0.0749 e. The van der Waals surface area contributed by atoms with Gasteiger partial charge in [0.05, 0.1) is 5.69 Å². The van der Waals surface area contributed by atoms with Crippen LogP contribution in [0, 0.1) is 0 Å². The van der Waals surface area contributed by atoms with Gasteiger partial charge < -0.3 is 0 Å². The summed E-state index contributed by atoms with van der Waals surface area (Å²) in [6.07, 6.45) is 0. The number of hydrogen-bond donors (Lipinski definition) is 0. The van der Waals surface area contributed by atoms with E-state index < -0.39 is 0 Å². The molecule has 0 saturated carbocycles. The van der Waals surface area contributed by atoms with Gasteiger partial charge in [-0.3, -0.25) is 4.99 Å². The Morgan fingerprint density at radius 2 is 1.76 bits per heavy atom. The van der Waals surface area contributed by atoms with Gasteiger partial charge in [-0.1, -0.05) is 54.0 Å². The fraction of sp³-hybridized carbons (Fsp3) is 0.267. The maximum absolute atomic E-state index is 4.77. The average Bonchev–Trinajstić information content (AvgIpc) is 2.53. The summed E-state index contributed by atoms with van der Waals surface area (Å²) in [6, 6.07) is 10.6. The van der Waals surface area contributed by atoms with Gasteiger partial charge in [-0.25, -0.2) is 0 Å². The lowest BCUT2D eigenvalue weighted by Crippen LogP contribution is -2.22. The van der Waals surface area contributed by atoms with Crippen LogP contribution < -0.4 is 0 Å². The van der Waals surface area contributed by atoms with Crippen molar-refractivity contribution in [3.63, 3.8) is 0 Å². The highest BCUT2D eigenvalue weighted by Crippen LogP contribution is 2.46. The number of benzene rings is 2. The quantitative estimate of drug-likeness (QED) is 0.648. The Bertz CT molecular complexity index is 653. The van der Waals surface area contributed by atoms with E-state index in [2.05, 4.69) is 67.0 Å². The largest absolute Gasteiger partial charge is 0.256 e. The zero-order valence-corrected chi connectivity index (χ0v) is 11.8. The highest BCUT2D eigenvalue weighted by Gasteiger charge is 2.33. The Morgan fingerprint density at radius 3 is 2.47 bits per heavy atom. The zero-order valence-electron chi connectivity index (χ0n) is 10.2. The minimum Gasteiger partial charge on any atom is -0.256 e. The molecule has 0 amide bonds. The average molecular weight is 288 g/mol. The molecule has 0 atom stereocenters. The molecule has 0 unspecified atom stereocenters. The third-order valence-electron chi connectivity index (χ3n) is 3.82. The van der Waals surface area contributed by atoms with Gasteiger partial charge in [0.15, 0.2) is 0 Å². The number of halogens is 1. The summed E-state index contributed by atoms with van der Waals surface area (Å²) >= 11 is 3.67. The minimum absolute atomic E-state index is 0.0435. The molecule has 1 aliphatic heterocycles. The second-order valence-corrected chi connectivity index (χ2v) is 5.98. The highest BCUT2D eigenvalue weighted by molar-refractivity contribution is 9.10. The maximum atomic E-state index is 4.77. The fourth-order valence-corrected chi connectivity index (χ4v) is 2.99. The van der Waals surface area contributed by atoms with Crippen molar-refractivity contribution in [1.29, 1.82) is 0 Å². The molecule has 0 aliphatic carbocycles. The molecule has 0 radical (unpaired) electrons. The van der Waals surface area contributed by atoms with Crippen molar-refractivity contribution < 1.29 is 0 Å². The normalized spacial score (nSPS) is 17.1. The molecule has 1 nitrogen and oxygen atoms in total. The molecule has 0 bridgehead atoms. The van der Waals surface area contributed by atoms with E-state index in [1.807, 2.05) is 0 Å². The van der Waals surface area contributed by atoms with E-state index in [-0.39, 0.29) is 5.41 Å². The lowest BCUT2D eigenvalue weighted by Gasteiger charge is -2.20. The van der Waals surface area contributed by atoms with Crippen molar-refractivity contribution in [2.75, 3.05) is 0 Å². The van der Waals surface area contributed by atoms with Crippen LogP contribution in [0.4, 0.5) is 5.69 Å². The van der Waals surface area contributed by atoms with Crippen molar-refractivity contribution >= 4 is 38.1 Å². The molecular weight excluding hydrogens is 274 g/mol. The van der Waals surface area contributed by atoms with E-state index >= 15 is 0 Å². The molecule has 1 heterocycles. The van der Waals surface area contributed by atoms with Crippen LogP contribution >= 0.6 is 15.9 Å². The predicted molar refractivity (Wildman–Crippen MR) is 77.4 cm³/mol. The van der Waals surface area contributed by atoms with Crippen molar-refractivity contribution in [1.82, 2.24) is 0 Å². The predicted octanol–water partition coefficient (Wildman–Crippen LogP) is 4.99. The van der Waals surface area contributed by atoms with Gasteiger partial charge in [0, 0.05) is 21.0 Å². The first-order valence-electron chi connectivity index (χ1n) is 5.79. The Hall–Kier alpha value is -1.15. The van der Waals surface area contributed by atoms with Gasteiger partial charge in [0.25, 0.3) is 0 Å². The Morgan fingerprint density at radius 1 is 1.12 bits per heavy atom. The number of aliphatic imine (C=N–C) groups is 1. The van der Waals surface area contributed by atoms with E-state index in [4.69, 9.17) is 4.99 Å². The number of fused-ring (bicyclic) bond motifs is 3. The standard InChI is InChI=1S/C15H14BrN/c1-9-15(2,3)12-8-13(16)10-6-4-5-7-11(10)14(12)17-9/h4-8H,1-3H3. The summed E-state index contributed by atoms with van der Waals surface area (Å²) in [7, 11) is 0. The summed E-state index contributed by atoms with van der Waals surface area (Å²) < 4.78 is 1.16. The second-order valence-electron chi connectivity index (χ2n) is 5.12. The lowest BCUT2D eigenvalue weighted by atomic mass is 9.81. The van der Waals surface area contributed by atoms with Crippen LogP contribution in [-0.4, -0.2) is 5.71 Å². The monoisotopic (exact) mass is 287 g/mol. The lowest BCUT2D eigenvalue weighted by molar-refractivity contribution is 0.733. The van der Waals surface area contributed by atoms with Gasteiger partial charge in [-0.05, 0) is 23.9 Å².